The maximum absolute atomic E-state index is 11.4. The number of nitrogens with zero attached hydrogens (tertiary/aromatic N) is 1. The zero-order valence-electron chi connectivity index (χ0n) is 8.61. The van der Waals surface area contributed by atoms with Crippen molar-refractivity contribution < 1.29 is 19.7 Å². The van der Waals surface area contributed by atoms with Gasteiger partial charge in [-0.15, -0.1) is 0 Å². The van der Waals surface area contributed by atoms with Gasteiger partial charge in [-0.1, -0.05) is 0 Å². The molecule has 0 saturated carbocycles. The topological polar surface area (TPSA) is 70.0 Å². The molecule has 0 aliphatic carbocycles. The molecule has 0 aromatic carbocycles. The van der Waals surface area contributed by atoms with E-state index in [0.717, 1.165) is 0 Å². The molecule has 0 atom stereocenters. The van der Waals surface area contributed by atoms with Gasteiger partial charge in [0, 0.05) is 33.2 Å². The number of aliphatic hydroxyl groups is 2. The van der Waals surface area contributed by atoms with Gasteiger partial charge in [0.1, 0.15) is 0 Å². The van der Waals surface area contributed by atoms with Crippen molar-refractivity contribution in [3.05, 3.63) is 0 Å². The molecule has 0 bridgehead atoms. The lowest BCUT2D eigenvalue weighted by Crippen LogP contribution is -2.36. The van der Waals surface area contributed by atoms with Crippen molar-refractivity contribution in [2.75, 3.05) is 40.0 Å². The van der Waals surface area contributed by atoms with E-state index >= 15 is 0 Å². The van der Waals surface area contributed by atoms with Crippen LogP contribution in [-0.4, -0.2) is 61.0 Å². The monoisotopic (exact) mass is 205 g/mol. The fourth-order valence-corrected chi connectivity index (χ4v) is 1.07. The summed E-state index contributed by atoms with van der Waals surface area (Å²) in [7, 11) is 1.56. The Kier molecular flexibility index (Phi) is 8.51. The zero-order chi connectivity index (χ0) is 10.8. The maximum Gasteiger partial charge on any atom is 0.222 e. The highest BCUT2D eigenvalue weighted by Crippen LogP contribution is 1.97. The minimum atomic E-state index is -0.0508. The van der Waals surface area contributed by atoms with Crippen LogP contribution in [0.1, 0.15) is 12.8 Å². The second-order valence-electron chi connectivity index (χ2n) is 2.92. The Balaban J connectivity index is 3.84. The molecule has 84 valence electrons. The van der Waals surface area contributed by atoms with Crippen LogP contribution in [0.25, 0.3) is 0 Å². The Morgan fingerprint density at radius 1 is 1.29 bits per heavy atom. The van der Waals surface area contributed by atoms with Crippen LogP contribution in [0.5, 0.6) is 0 Å². The molecule has 0 saturated heterocycles. The fourth-order valence-electron chi connectivity index (χ4n) is 1.07. The van der Waals surface area contributed by atoms with Crippen LogP contribution >= 0.6 is 0 Å². The van der Waals surface area contributed by atoms with Gasteiger partial charge in [0.15, 0.2) is 0 Å². The highest BCUT2D eigenvalue weighted by Gasteiger charge is 2.11. The minimum absolute atomic E-state index is 0.0168. The molecule has 0 radical (unpaired) electrons. The lowest BCUT2D eigenvalue weighted by molar-refractivity contribution is -0.132. The summed E-state index contributed by atoms with van der Waals surface area (Å²) in [6.45, 7) is 1.25. The first-order valence-corrected chi connectivity index (χ1v) is 4.74. The number of carbonyl (C=O) groups excluding carboxylic acids is 1. The lowest BCUT2D eigenvalue weighted by atomic mass is 10.3. The molecule has 0 aromatic heterocycles. The molecule has 5 nitrogen and oxygen atoms in total. The summed E-state index contributed by atoms with van der Waals surface area (Å²) in [5, 5.41) is 17.3. The van der Waals surface area contributed by atoms with Crippen LogP contribution in [0.3, 0.4) is 0 Å². The predicted octanol–water partition coefficient (Wildman–Crippen LogP) is -0.774. The minimum Gasteiger partial charge on any atom is -0.396 e. The van der Waals surface area contributed by atoms with E-state index in [2.05, 4.69) is 0 Å². The fraction of sp³-hybridized carbons (Fsp3) is 0.889. The Morgan fingerprint density at radius 2 is 2.00 bits per heavy atom. The van der Waals surface area contributed by atoms with E-state index in [0.29, 0.717) is 32.5 Å². The second kappa shape index (κ2) is 8.93. The van der Waals surface area contributed by atoms with E-state index < -0.39 is 0 Å². The first-order valence-electron chi connectivity index (χ1n) is 4.74. The normalized spacial score (nSPS) is 10.2. The van der Waals surface area contributed by atoms with Gasteiger partial charge in [-0.3, -0.25) is 4.79 Å². The van der Waals surface area contributed by atoms with Gasteiger partial charge < -0.3 is 19.8 Å². The number of ether oxygens (including phenoxy) is 1. The summed E-state index contributed by atoms with van der Waals surface area (Å²) in [4.78, 5) is 13.0. The SMILES string of the molecule is COCCN(CCO)C(=O)CCCO. The quantitative estimate of drug-likeness (QED) is 0.545. The van der Waals surface area contributed by atoms with Crippen LogP contribution in [0, 0.1) is 0 Å². The number of methoxy groups -OCH3 is 1. The van der Waals surface area contributed by atoms with Crippen LogP contribution in [0.15, 0.2) is 0 Å². The van der Waals surface area contributed by atoms with Crippen LogP contribution < -0.4 is 0 Å². The molecule has 0 aromatic rings. The van der Waals surface area contributed by atoms with Gasteiger partial charge in [-0.25, -0.2) is 0 Å². The molecule has 14 heavy (non-hydrogen) atoms. The van der Waals surface area contributed by atoms with E-state index in [1.165, 1.54) is 0 Å². The summed E-state index contributed by atoms with van der Waals surface area (Å²) >= 11 is 0. The Bertz CT molecular complexity index is 152. The molecular weight excluding hydrogens is 186 g/mol. The molecule has 0 spiro atoms. The molecule has 0 unspecified atom stereocenters. The number of rotatable bonds is 8. The average molecular weight is 205 g/mol. The predicted molar refractivity (Wildman–Crippen MR) is 51.9 cm³/mol. The van der Waals surface area contributed by atoms with Crippen molar-refractivity contribution >= 4 is 5.91 Å². The molecule has 0 rings (SSSR count). The average Bonchev–Trinajstić information content (AvgIpc) is 2.20. The molecule has 5 heteroatoms. The number of amides is 1. The number of hydrogen-bond acceptors (Lipinski definition) is 4. The summed E-state index contributed by atoms with van der Waals surface area (Å²) < 4.78 is 4.85. The van der Waals surface area contributed by atoms with E-state index in [9.17, 15) is 4.79 Å². The van der Waals surface area contributed by atoms with E-state index in [1.54, 1.807) is 12.0 Å². The van der Waals surface area contributed by atoms with Gasteiger partial charge in [0.05, 0.1) is 13.2 Å². The maximum atomic E-state index is 11.4. The standard InChI is InChI=1S/C9H19NO4/c1-14-8-5-10(4-7-12)9(13)3-2-6-11/h11-12H,2-8H2,1H3. The molecule has 0 aliphatic rings. The third-order valence-electron chi connectivity index (χ3n) is 1.84. The van der Waals surface area contributed by atoms with Crippen molar-refractivity contribution in [1.82, 2.24) is 4.90 Å². The zero-order valence-corrected chi connectivity index (χ0v) is 8.61. The van der Waals surface area contributed by atoms with E-state index in [-0.39, 0.29) is 19.1 Å². The summed E-state index contributed by atoms with van der Waals surface area (Å²) in [6.07, 6.45) is 0.786. The summed E-state index contributed by atoms with van der Waals surface area (Å²) in [6, 6.07) is 0. The van der Waals surface area contributed by atoms with Crippen LogP contribution in [-0.2, 0) is 9.53 Å². The molecule has 1 amide bonds. The first-order chi connectivity index (χ1) is 6.76. The number of aliphatic hydroxyl groups excluding tert-OH is 2. The summed E-state index contributed by atoms with van der Waals surface area (Å²) in [5.41, 5.74) is 0. The summed E-state index contributed by atoms with van der Waals surface area (Å²) in [5.74, 6) is -0.0508. The molecular formula is C9H19NO4. The van der Waals surface area contributed by atoms with Crippen LogP contribution in [0.4, 0.5) is 0 Å². The molecule has 2 N–H and O–H groups in total. The van der Waals surface area contributed by atoms with Crippen molar-refractivity contribution in [1.29, 1.82) is 0 Å². The Morgan fingerprint density at radius 3 is 2.50 bits per heavy atom. The van der Waals surface area contributed by atoms with E-state index in [4.69, 9.17) is 14.9 Å². The highest BCUT2D eigenvalue weighted by molar-refractivity contribution is 5.76. The van der Waals surface area contributed by atoms with Crippen molar-refractivity contribution in [3.63, 3.8) is 0 Å². The Labute approximate surface area is 84.3 Å². The Hall–Kier alpha value is -0.650. The van der Waals surface area contributed by atoms with Gasteiger partial charge in [0.25, 0.3) is 0 Å². The second-order valence-corrected chi connectivity index (χ2v) is 2.92. The highest BCUT2D eigenvalue weighted by atomic mass is 16.5. The third-order valence-corrected chi connectivity index (χ3v) is 1.84. The first kappa shape index (κ1) is 13.4. The molecule has 0 heterocycles. The van der Waals surface area contributed by atoms with Crippen molar-refractivity contribution in [2.45, 2.75) is 12.8 Å². The van der Waals surface area contributed by atoms with Gasteiger partial charge in [-0.2, -0.15) is 0 Å². The van der Waals surface area contributed by atoms with Gasteiger partial charge in [0.2, 0.25) is 5.91 Å². The molecule has 0 aliphatic heterocycles. The third kappa shape index (κ3) is 5.90. The smallest absolute Gasteiger partial charge is 0.222 e. The largest absolute Gasteiger partial charge is 0.396 e. The van der Waals surface area contributed by atoms with Crippen LogP contribution in [0.2, 0.25) is 0 Å². The molecule has 0 fully saturated rings. The van der Waals surface area contributed by atoms with Gasteiger partial charge in [-0.05, 0) is 6.42 Å². The number of carbonyl (C=O) groups is 1. The lowest BCUT2D eigenvalue weighted by Gasteiger charge is -2.21. The van der Waals surface area contributed by atoms with Gasteiger partial charge >= 0.3 is 0 Å². The van der Waals surface area contributed by atoms with E-state index in [1.807, 2.05) is 0 Å². The van der Waals surface area contributed by atoms with Crippen molar-refractivity contribution in [3.8, 4) is 0 Å². The number of hydrogen-bond donors (Lipinski definition) is 2. The van der Waals surface area contributed by atoms with Crippen molar-refractivity contribution in [2.24, 2.45) is 0 Å².